The molecule has 0 saturated carbocycles. The molecule has 0 spiro atoms. The zero-order chi connectivity index (χ0) is 13.1. The maximum Gasteiger partial charge on any atom is 0.0113 e. The van der Waals surface area contributed by atoms with Gasteiger partial charge in [-0.1, -0.05) is 0 Å². The molecule has 106 valence electrons. The summed E-state index contributed by atoms with van der Waals surface area (Å²) < 4.78 is 0. The minimum absolute atomic E-state index is 0.718. The van der Waals surface area contributed by atoms with Gasteiger partial charge in [-0.25, -0.2) is 0 Å². The molecular formula is C15H31N3. The van der Waals surface area contributed by atoms with Crippen molar-refractivity contribution in [3.05, 3.63) is 0 Å². The molecule has 0 aromatic rings. The van der Waals surface area contributed by atoms with Crippen molar-refractivity contribution in [1.82, 2.24) is 14.7 Å². The molecule has 2 aliphatic rings. The lowest BCUT2D eigenvalue weighted by atomic mass is 10.1. The van der Waals surface area contributed by atoms with Gasteiger partial charge in [0.15, 0.2) is 0 Å². The van der Waals surface area contributed by atoms with Crippen LogP contribution in [0.4, 0.5) is 0 Å². The molecule has 1 unspecified atom stereocenters. The molecule has 2 rings (SSSR count). The number of likely N-dealkylation sites (tertiary alicyclic amines) is 1. The van der Waals surface area contributed by atoms with Gasteiger partial charge in [0.1, 0.15) is 0 Å². The van der Waals surface area contributed by atoms with Crippen molar-refractivity contribution in [3.63, 3.8) is 0 Å². The fourth-order valence-corrected chi connectivity index (χ4v) is 3.31. The fourth-order valence-electron chi connectivity index (χ4n) is 3.31. The standard InChI is InChI=1S/C15H31N3/c1-13(2)17-9-7-16(8-10-17)11-15-5-6-18(12-15)14(3)4/h13-15H,5-12H2,1-4H3. The van der Waals surface area contributed by atoms with Crippen LogP contribution in [0.2, 0.25) is 0 Å². The molecule has 0 aliphatic carbocycles. The smallest absolute Gasteiger partial charge is 0.0113 e. The van der Waals surface area contributed by atoms with Crippen LogP contribution >= 0.6 is 0 Å². The zero-order valence-electron chi connectivity index (χ0n) is 12.7. The first-order chi connectivity index (χ1) is 8.56. The largest absolute Gasteiger partial charge is 0.301 e. The first-order valence-electron chi connectivity index (χ1n) is 7.76. The zero-order valence-corrected chi connectivity index (χ0v) is 12.7. The normalized spacial score (nSPS) is 28.7. The lowest BCUT2D eigenvalue weighted by Gasteiger charge is -2.38. The molecule has 0 amide bonds. The Morgan fingerprint density at radius 1 is 0.833 bits per heavy atom. The highest BCUT2D eigenvalue weighted by Gasteiger charge is 2.27. The topological polar surface area (TPSA) is 9.72 Å². The lowest BCUT2D eigenvalue weighted by molar-refractivity contribution is 0.0967. The Balaban J connectivity index is 1.69. The molecule has 2 heterocycles. The van der Waals surface area contributed by atoms with Crippen LogP contribution in [0.25, 0.3) is 0 Å². The minimum Gasteiger partial charge on any atom is -0.301 e. The highest BCUT2D eigenvalue weighted by molar-refractivity contribution is 4.82. The van der Waals surface area contributed by atoms with Crippen LogP contribution < -0.4 is 0 Å². The predicted molar refractivity (Wildman–Crippen MR) is 78.0 cm³/mol. The monoisotopic (exact) mass is 253 g/mol. The van der Waals surface area contributed by atoms with E-state index in [2.05, 4.69) is 42.4 Å². The molecule has 3 nitrogen and oxygen atoms in total. The Hall–Kier alpha value is -0.120. The van der Waals surface area contributed by atoms with Crippen LogP contribution in [0.5, 0.6) is 0 Å². The summed E-state index contributed by atoms with van der Waals surface area (Å²) in [4.78, 5) is 7.92. The minimum atomic E-state index is 0.718. The predicted octanol–water partition coefficient (Wildman–Crippen LogP) is 1.74. The summed E-state index contributed by atoms with van der Waals surface area (Å²) in [5.41, 5.74) is 0. The molecule has 18 heavy (non-hydrogen) atoms. The average molecular weight is 253 g/mol. The Kier molecular flexibility index (Phi) is 5.05. The van der Waals surface area contributed by atoms with Gasteiger partial charge in [-0.15, -0.1) is 0 Å². The van der Waals surface area contributed by atoms with Crippen LogP contribution in [0.1, 0.15) is 34.1 Å². The van der Waals surface area contributed by atoms with Gasteiger partial charge in [0.05, 0.1) is 0 Å². The third-order valence-corrected chi connectivity index (χ3v) is 4.70. The SMILES string of the molecule is CC(C)N1CCN(CC2CCN(C(C)C)C2)CC1. The van der Waals surface area contributed by atoms with Gasteiger partial charge in [0.2, 0.25) is 0 Å². The van der Waals surface area contributed by atoms with Crippen molar-refractivity contribution < 1.29 is 0 Å². The van der Waals surface area contributed by atoms with Gasteiger partial charge in [-0.3, -0.25) is 4.90 Å². The molecular weight excluding hydrogens is 222 g/mol. The van der Waals surface area contributed by atoms with Gasteiger partial charge < -0.3 is 9.80 Å². The molecule has 0 radical (unpaired) electrons. The van der Waals surface area contributed by atoms with Crippen molar-refractivity contribution in [3.8, 4) is 0 Å². The molecule has 2 fully saturated rings. The summed E-state index contributed by atoms with van der Waals surface area (Å²) in [6, 6.07) is 1.45. The maximum absolute atomic E-state index is 2.69. The summed E-state index contributed by atoms with van der Waals surface area (Å²) >= 11 is 0. The molecule has 0 bridgehead atoms. The Morgan fingerprint density at radius 3 is 1.94 bits per heavy atom. The summed E-state index contributed by atoms with van der Waals surface area (Å²) in [5.74, 6) is 0.915. The van der Waals surface area contributed by atoms with Gasteiger partial charge in [-0.2, -0.15) is 0 Å². The first kappa shape index (κ1) is 14.3. The van der Waals surface area contributed by atoms with Gasteiger partial charge in [-0.05, 0) is 46.6 Å². The Bertz CT molecular complexity index is 244. The van der Waals surface area contributed by atoms with E-state index in [0.29, 0.717) is 0 Å². The molecule has 3 heteroatoms. The second kappa shape index (κ2) is 6.36. The van der Waals surface area contributed by atoms with Crippen molar-refractivity contribution in [2.24, 2.45) is 5.92 Å². The average Bonchev–Trinajstić information content (AvgIpc) is 2.78. The fraction of sp³-hybridized carbons (Fsp3) is 1.00. The van der Waals surface area contributed by atoms with Crippen molar-refractivity contribution in [2.45, 2.75) is 46.2 Å². The molecule has 2 saturated heterocycles. The summed E-state index contributed by atoms with van der Waals surface area (Å²) in [6.07, 6.45) is 1.41. The summed E-state index contributed by atoms with van der Waals surface area (Å²) in [7, 11) is 0. The van der Waals surface area contributed by atoms with Crippen molar-refractivity contribution in [1.29, 1.82) is 0 Å². The summed E-state index contributed by atoms with van der Waals surface area (Å²) in [6.45, 7) is 18.3. The Morgan fingerprint density at radius 2 is 1.44 bits per heavy atom. The van der Waals surface area contributed by atoms with E-state index in [9.17, 15) is 0 Å². The van der Waals surface area contributed by atoms with E-state index in [1.807, 2.05) is 0 Å². The van der Waals surface area contributed by atoms with Crippen LogP contribution in [-0.2, 0) is 0 Å². The summed E-state index contributed by atoms with van der Waals surface area (Å²) in [5, 5.41) is 0. The number of hydrogen-bond acceptors (Lipinski definition) is 3. The van der Waals surface area contributed by atoms with E-state index in [0.717, 1.165) is 18.0 Å². The van der Waals surface area contributed by atoms with E-state index < -0.39 is 0 Å². The lowest BCUT2D eigenvalue weighted by Crippen LogP contribution is -2.50. The highest BCUT2D eigenvalue weighted by atomic mass is 15.3. The van der Waals surface area contributed by atoms with Crippen molar-refractivity contribution >= 4 is 0 Å². The van der Waals surface area contributed by atoms with E-state index in [4.69, 9.17) is 0 Å². The number of hydrogen-bond donors (Lipinski definition) is 0. The quantitative estimate of drug-likeness (QED) is 0.756. The van der Waals surface area contributed by atoms with Crippen LogP contribution in [0, 0.1) is 5.92 Å². The van der Waals surface area contributed by atoms with Gasteiger partial charge in [0.25, 0.3) is 0 Å². The molecule has 0 N–H and O–H groups in total. The molecule has 2 aliphatic heterocycles. The van der Waals surface area contributed by atoms with Crippen molar-refractivity contribution in [2.75, 3.05) is 45.8 Å². The number of nitrogens with zero attached hydrogens (tertiary/aromatic N) is 3. The van der Waals surface area contributed by atoms with Gasteiger partial charge >= 0.3 is 0 Å². The van der Waals surface area contributed by atoms with Crippen LogP contribution in [-0.4, -0.2) is 72.6 Å². The number of rotatable bonds is 4. The highest BCUT2D eigenvalue weighted by Crippen LogP contribution is 2.20. The van der Waals surface area contributed by atoms with E-state index in [-0.39, 0.29) is 0 Å². The van der Waals surface area contributed by atoms with E-state index in [1.54, 1.807) is 0 Å². The van der Waals surface area contributed by atoms with Crippen LogP contribution in [0.3, 0.4) is 0 Å². The third-order valence-electron chi connectivity index (χ3n) is 4.70. The third kappa shape index (κ3) is 3.69. The van der Waals surface area contributed by atoms with Crippen LogP contribution in [0.15, 0.2) is 0 Å². The van der Waals surface area contributed by atoms with E-state index in [1.165, 1.54) is 52.2 Å². The Labute approximate surface area is 113 Å². The first-order valence-corrected chi connectivity index (χ1v) is 7.76. The molecule has 1 atom stereocenters. The second-order valence-corrected chi connectivity index (χ2v) is 6.67. The molecule has 0 aromatic heterocycles. The molecule has 0 aromatic carbocycles. The van der Waals surface area contributed by atoms with Gasteiger partial charge in [0, 0.05) is 51.4 Å². The second-order valence-electron chi connectivity index (χ2n) is 6.67. The number of piperazine rings is 1. The maximum atomic E-state index is 2.69. The van der Waals surface area contributed by atoms with E-state index >= 15 is 0 Å².